The van der Waals surface area contributed by atoms with Gasteiger partial charge in [-0.05, 0) is 6.42 Å². The third-order valence-corrected chi connectivity index (χ3v) is 3.14. The van der Waals surface area contributed by atoms with E-state index >= 15 is 0 Å². The van der Waals surface area contributed by atoms with Crippen LogP contribution in [-0.4, -0.2) is 29.2 Å². The molecule has 20 heavy (non-hydrogen) atoms. The lowest BCUT2D eigenvalue weighted by Gasteiger charge is -2.08. The van der Waals surface area contributed by atoms with E-state index in [2.05, 4.69) is 20.8 Å². The van der Waals surface area contributed by atoms with Crippen molar-refractivity contribution in [3.8, 4) is 0 Å². The van der Waals surface area contributed by atoms with Gasteiger partial charge in [0.15, 0.2) is 11.0 Å². The standard InChI is InChI=1S/C14H17ClN4O/c1-2-8-16-12(20)7-9-17-14-11-6-4-3-5-10(11)13(15)18-19-14/h3-6H,2,7-9H2,1H3,(H,16,20)(H,17,19). The molecule has 1 amide bonds. The highest BCUT2D eigenvalue weighted by Crippen LogP contribution is 2.25. The van der Waals surface area contributed by atoms with Crippen LogP contribution in [0.15, 0.2) is 24.3 Å². The maximum Gasteiger partial charge on any atom is 0.221 e. The zero-order valence-electron chi connectivity index (χ0n) is 11.3. The Morgan fingerprint density at radius 1 is 1.20 bits per heavy atom. The van der Waals surface area contributed by atoms with Gasteiger partial charge in [0, 0.05) is 30.3 Å². The highest BCUT2D eigenvalue weighted by Gasteiger charge is 2.07. The SMILES string of the molecule is CCCNC(=O)CCNc1nnc(Cl)c2ccccc12. The van der Waals surface area contributed by atoms with Crippen LogP contribution in [-0.2, 0) is 4.79 Å². The largest absolute Gasteiger partial charge is 0.368 e. The summed E-state index contributed by atoms with van der Waals surface area (Å²) in [5, 5.41) is 16.0. The second-order valence-electron chi connectivity index (χ2n) is 4.41. The van der Waals surface area contributed by atoms with Gasteiger partial charge in [0.25, 0.3) is 0 Å². The Labute approximate surface area is 122 Å². The second kappa shape index (κ2) is 7.05. The number of fused-ring (bicyclic) bond motifs is 1. The highest BCUT2D eigenvalue weighted by molar-refractivity contribution is 6.34. The Balaban J connectivity index is 2.00. The molecule has 1 aromatic heterocycles. The first-order valence-electron chi connectivity index (χ1n) is 6.64. The molecule has 6 heteroatoms. The number of carbonyl (C=O) groups is 1. The summed E-state index contributed by atoms with van der Waals surface area (Å²) in [6.45, 7) is 3.24. The number of aromatic nitrogens is 2. The molecule has 2 N–H and O–H groups in total. The van der Waals surface area contributed by atoms with Crippen molar-refractivity contribution < 1.29 is 4.79 Å². The Morgan fingerprint density at radius 2 is 1.95 bits per heavy atom. The first-order chi connectivity index (χ1) is 9.72. The monoisotopic (exact) mass is 292 g/mol. The topological polar surface area (TPSA) is 66.9 Å². The number of benzene rings is 1. The van der Waals surface area contributed by atoms with Crippen LogP contribution >= 0.6 is 11.6 Å². The van der Waals surface area contributed by atoms with Crippen LogP contribution in [0.3, 0.4) is 0 Å². The van der Waals surface area contributed by atoms with Crippen molar-refractivity contribution in [2.24, 2.45) is 0 Å². The van der Waals surface area contributed by atoms with Gasteiger partial charge < -0.3 is 10.6 Å². The van der Waals surface area contributed by atoms with Gasteiger partial charge in [0.2, 0.25) is 5.91 Å². The molecule has 1 aromatic carbocycles. The van der Waals surface area contributed by atoms with Crippen molar-refractivity contribution in [3.63, 3.8) is 0 Å². The molecule has 106 valence electrons. The van der Waals surface area contributed by atoms with Crippen LogP contribution in [0.2, 0.25) is 5.15 Å². The minimum absolute atomic E-state index is 0.0329. The molecule has 0 unspecified atom stereocenters. The molecule has 0 saturated carbocycles. The summed E-state index contributed by atoms with van der Waals surface area (Å²) in [7, 11) is 0. The number of halogens is 1. The number of nitrogens with one attached hydrogen (secondary N) is 2. The summed E-state index contributed by atoms with van der Waals surface area (Å²) in [6, 6.07) is 7.64. The third-order valence-electron chi connectivity index (χ3n) is 2.86. The predicted octanol–water partition coefficient (Wildman–Crippen LogP) is 2.61. The number of nitrogens with zero attached hydrogens (tertiary/aromatic N) is 2. The zero-order chi connectivity index (χ0) is 14.4. The first kappa shape index (κ1) is 14.5. The minimum Gasteiger partial charge on any atom is -0.368 e. The lowest BCUT2D eigenvalue weighted by Crippen LogP contribution is -2.26. The van der Waals surface area contributed by atoms with Gasteiger partial charge >= 0.3 is 0 Å². The summed E-state index contributed by atoms with van der Waals surface area (Å²) in [4.78, 5) is 11.5. The van der Waals surface area contributed by atoms with Gasteiger partial charge in [-0.1, -0.05) is 42.8 Å². The maximum absolute atomic E-state index is 11.5. The van der Waals surface area contributed by atoms with E-state index in [0.717, 1.165) is 17.2 Å². The molecule has 2 rings (SSSR count). The second-order valence-corrected chi connectivity index (χ2v) is 4.77. The van der Waals surface area contributed by atoms with Crippen molar-refractivity contribution in [2.45, 2.75) is 19.8 Å². The van der Waals surface area contributed by atoms with Crippen LogP contribution in [0.25, 0.3) is 10.8 Å². The van der Waals surface area contributed by atoms with Gasteiger partial charge in [-0.2, -0.15) is 0 Å². The van der Waals surface area contributed by atoms with E-state index < -0.39 is 0 Å². The average molecular weight is 293 g/mol. The lowest BCUT2D eigenvalue weighted by molar-refractivity contribution is -0.120. The number of hydrogen-bond acceptors (Lipinski definition) is 4. The van der Waals surface area contributed by atoms with E-state index in [1.807, 2.05) is 31.2 Å². The third kappa shape index (κ3) is 3.57. The van der Waals surface area contributed by atoms with Gasteiger partial charge in [-0.25, -0.2) is 0 Å². The summed E-state index contributed by atoms with van der Waals surface area (Å²) >= 11 is 6.01. The molecule has 0 radical (unpaired) electrons. The summed E-state index contributed by atoms with van der Waals surface area (Å²) in [6.07, 6.45) is 1.34. The van der Waals surface area contributed by atoms with Crippen molar-refractivity contribution in [1.29, 1.82) is 0 Å². The number of carbonyl (C=O) groups excluding carboxylic acids is 1. The summed E-state index contributed by atoms with van der Waals surface area (Å²) in [5.41, 5.74) is 0. The van der Waals surface area contributed by atoms with E-state index in [0.29, 0.717) is 30.5 Å². The van der Waals surface area contributed by atoms with Crippen molar-refractivity contribution in [3.05, 3.63) is 29.4 Å². The molecular formula is C14H17ClN4O. The van der Waals surface area contributed by atoms with E-state index in [-0.39, 0.29) is 5.91 Å². The van der Waals surface area contributed by atoms with Crippen LogP contribution in [0.5, 0.6) is 0 Å². The Bertz CT molecular complexity index is 603. The molecule has 5 nitrogen and oxygen atoms in total. The number of rotatable bonds is 6. The van der Waals surface area contributed by atoms with Crippen molar-refractivity contribution in [2.75, 3.05) is 18.4 Å². The summed E-state index contributed by atoms with van der Waals surface area (Å²) in [5.74, 6) is 0.680. The molecule has 0 aliphatic rings. The van der Waals surface area contributed by atoms with Gasteiger partial charge in [-0.3, -0.25) is 4.79 Å². The normalized spacial score (nSPS) is 10.5. The zero-order valence-corrected chi connectivity index (χ0v) is 12.1. The van der Waals surface area contributed by atoms with Crippen LogP contribution in [0, 0.1) is 0 Å². The summed E-state index contributed by atoms with van der Waals surface area (Å²) < 4.78 is 0. The van der Waals surface area contributed by atoms with Gasteiger partial charge in [0.1, 0.15) is 0 Å². The maximum atomic E-state index is 11.5. The fourth-order valence-corrected chi connectivity index (χ4v) is 2.05. The molecule has 0 bridgehead atoms. The van der Waals surface area contributed by atoms with E-state index in [4.69, 9.17) is 11.6 Å². The van der Waals surface area contributed by atoms with E-state index in [1.54, 1.807) is 0 Å². The van der Waals surface area contributed by atoms with Crippen LogP contribution in [0.4, 0.5) is 5.82 Å². The molecular weight excluding hydrogens is 276 g/mol. The molecule has 0 spiro atoms. The van der Waals surface area contributed by atoms with Gasteiger partial charge in [0.05, 0.1) is 0 Å². The number of anilines is 1. The number of amides is 1. The molecule has 0 saturated heterocycles. The molecule has 0 aliphatic carbocycles. The van der Waals surface area contributed by atoms with Crippen LogP contribution in [0.1, 0.15) is 19.8 Å². The highest BCUT2D eigenvalue weighted by atomic mass is 35.5. The molecule has 1 heterocycles. The first-order valence-corrected chi connectivity index (χ1v) is 7.01. The molecule has 0 fully saturated rings. The van der Waals surface area contributed by atoms with E-state index in [1.165, 1.54) is 0 Å². The number of hydrogen-bond donors (Lipinski definition) is 2. The Kier molecular flexibility index (Phi) is 5.12. The fraction of sp³-hybridized carbons (Fsp3) is 0.357. The van der Waals surface area contributed by atoms with E-state index in [9.17, 15) is 4.79 Å². The minimum atomic E-state index is 0.0329. The van der Waals surface area contributed by atoms with Gasteiger partial charge in [-0.15, -0.1) is 10.2 Å². The predicted molar refractivity (Wildman–Crippen MR) is 81.0 cm³/mol. The Hall–Kier alpha value is -1.88. The molecule has 2 aromatic rings. The van der Waals surface area contributed by atoms with Crippen molar-refractivity contribution in [1.82, 2.24) is 15.5 Å². The van der Waals surface area contributed by atoms with Crippen LogP contribution < -0.4 is 10.6 Å². The Morgan fingerprint density at radius 3 is 2.70 bits per heavy atom. The average Bonchev–Trinajstić information content (AvgIpc) is 2.48. The molecule has 0 aliphatic heterocycles. The van der Waals surface area contributed by atoms with Crippen molar-refractivity contribution >= 4 is 34.1 Å². The quantitative estimate of drug-likeness (QED) is 0.859. The lowest BCUT2D eigenvalue weighted by atomic mass is 10.2. The smallest absolute Gasteiger partial charge is 0.221 e. The molecule has 0 atom stereocenters. The fourth-order valence-electron chi connectivity index (χ4n) is 1.85.